The van der Waals surface area contributed by atoms with Crippen LogP contribution in [0.25, 0.3) is 0 Å². The molecule has 1 saturated carbocycles. The maximum atomic E-state index is 11.9. The highest BCUT2D eigenvalue weighted by molar-refractivity contribution is 5.54. The first-order chi connectivity index (χ1) is 16.9. The third kappa shape index (κ3) is 5.44. The molecule has 0 aromatic heterocycles. The maximum absolute atomic E-state index is 11.9. The van der Waals surface area contributed by atoms with Crippen LogP contribution in [-0.2, 0) is 16.6 Å². The van der Waals surface area contributed by atoms with Gasteiger partial charge in [-0.05, 0) is 87.8 Å². The van der Waals surface area contributed by atoms with E-state index in [0.717, 1.165) is 50.3 Å². The van der Waals surface area contributed by atoms with E-state index in [1.807, 2.05) is 13.0 Å². The summed E-state index contributed by atoms with van der Waals surface area (Å²) in [6, 6.07) is 4.38. The van der Waals surface area contributed by atoms with Crippen molar-refractivity contribution in [3.05, 3.63) is 23.3 Å². The van der Waals surface area contributed by atoms with Gasteiger partial charge in [0.15, 0.2) is 11.5 Å². The van der Waals surface area contributed by atoms with Gasteiger partial charge in [-0.2, -0.15) is 0 Å². The molecule has 1 saturated heterocycles. The first-order valence-electron chi connectivity index (χ1n) is 14.2. The third-order valence-electron chi connectivity index (χ3n) is 10.1. The molecule has 2 fully saturated rings. The molecular formula is C31H53NO4. The average molecular weight is 504 g/mol. The first kappa shape index (κ1) is 29.3. The van der Waals surface area contributed by atoms with Gasteiger partial charge in [0.1, 0.15) is 0 Å². The Morgan fingerprint density at radius 2 is 1.81 bits per heavy atom. The molecule has 1 aliphatic heterocycles. The third-order valence-corrected chi connectivity index (χ3v) is 10.1. The molecule has 4 unspecified atom stereocenters. The number of phenols is 1. The van der Waals surface area contributed by atoms with Crippen LogP contribution < -0.4 is 4.74 Å². The summed E-state index contributed by atoms with van der Waals surface area (Å²) >= 11 is 0. The lowest BCUT2D eigenvalue weighted by atomic mass is 9.56. The van der Waals surface area contributed by atoms with Crippen molar-refractivity contribution in [3.8, 4) is 11.5 Å². The zero-order chi connectivity index (χ0) is 26.9. The number of piperidine rings is 1. The maximum Gasteiger partial charge on any atom is 0.161 e. The second kappa shape index (κ2) is 11.2. The minimum atomic E-state index is -0.898. The van der Waals surface area contributed by atoms with Gasteiger partial charge in [-0.1, -0.05) is 40.7 Å². The lowest BCUT2D eigenvalue weighted by molar-refractivity contribution is -0.123. The predicted molar refractivity (Wildman–Crippen MR) is 148 cm³/mol. The fourth-order valence-corrected chi connectivity index (χ4v) is 6.90. The van der Waals surface area contributed by atoms with Crippen LogP contribution in [0.15, 0.2) is 12.1 Å². The van der Waals surface area contributed by atoms with Crippen LogP contribution >= 0.6 is 0 Å². The van der Waals surface area contributed by atoms with Crippen molar-refractivity contribution in [1.82, 2.24) is 4.90 Å². The normalized spacial score (nSPS) is 28.1. The van der Waals surface area contributed by atoms with Crippen LogP contribution in [0.5, 0.6) is 11.5 Å². The Morgan fingerprint density at radius 3 is 2.31 bits per heavy atom. The first-order valence-corrected chi connectivity index (χ1v) is 14.2. The van der Waals surface area contributed by atoms with E-state index in [-0.39, 0.29) is 22.7 Å². The van der Waals surface area contributed by atoms with E-state index < -0.39 is 5.60 Å². The topological polar surface area (TPSA) is 62.2 Å². The molecular weight excluding hydrogens is 450 g/mol. The molecule has 1 aromatic carbocycles. The molecule has 206 valence electrons. The molecule has 0 bridgehead atoms. The fraction of sp³-hybridized carbons (Fsp3) is 0.806. The lowest BCUT2D eigenvalue weighted by Gasteiger charge is -2.55. The zero-order valence-corrected chi connectivity index (χ0v) is 24.5. The molecule has 2 N–H and O–H groups in total. The van der Waals surface area contributed by atoms with Gasteiger partial charge in [-0.3, -0.25) is 0 Å². The molecule has 0 spiro atoms. The Balaban J connectivity index is 2.16. The summed E-state index contributed by atoms with van der Waals surface area (Å²) in [6.07, 6.45) is 6.32. The van der Waals surface area contributed by atoms with Gasteiger partial charge >= 0.3 is 0 Å². The highest BCUT2D eigenvalue weighted by atomic mass is 16.5. The largest absolute Gasteiger partial charge is 0.504 e. The molecule has 5 nitrogen and oxygen atoms in total. The second-order valence-corrected chi connectivity index (χ2v) is 12.8. The summed E-state index contributed by atoms with van der Waals surface area (Å²) in [7, 11) is 3.38. The number of hydrogen-bond donors (Lipinski definition) is 2. The predicted octanol–water partition coefficient (Wildman–Crippen LogP) is 6.18. The fourth-order valence-electron chi connectivity index (χ4n) is 6.90. The van der Waals surface area contributed by atoms with Gasteiger partial charge in [0.05, 0.1) is 19.3 Å². The molecule has 5 heteroatoms. The van der Waals surface area contributed by atoms with Crippen LogP contribution in [0.2, 0.25) is 0 Å². The second-order valence-electron chi connectivity index (χ2n) is 12.8. The standard InChI is InChI=1S/C31H53NO4/c1-10-23-14-15-26(36-9)28(33)27(23)31(11-2)16-17-32(19-22-12-13-22)21(3)25(31)18-24(20-35-8)30(7,34)29(4,5)6/h14-15,21-22,24-25,33-34H,10-13,16-20H2,1-9H3/t21?,24?,25?,30-,31?/m0/s1. The van der Waals surface area contributed by atoms with E-state index in [0.29, 0.717) is 24.1 Å². The molecule has 0 amide bonds. The smallest absolute Gasteiger partial charge is 0.161 e. The summed E-state index contributed by atoms with van der Waals surface area (Å²) in [4.78, 5) is 2.69. The Kier molecular flexibility index (Phi) is 9.11. The molecule has 1 heterocycles. The van der Waals surface area contributed by atoms with Crippen molar-refractivity contribution < 1.29 is 19.7 Å². The number of benzene rings is 1. The van der Waals surface area contributed by atoms with Gasteiger partial charge in [-0.15, -0.1) is 0 Å². The molecule has 5 atom stereocenters. The molecule has 3 rings (SSSR count). The number of hydrogen-bond acceptors (Lipinski definition) is 5. The monoisotopic (exact) mass is 503 g/mol. The molecule has 1 aliphatic carbocycles. The molecule has 0 radical (unpaired) electrons. The van der Waals surface area contributed by atoms with Gasteiger partial charge < -0.3 is 24.6 Å². The van der Waals surface area contributed by atoms with E-state index in [1.54, 1.807) is 14.2 Å². The minimum Gasteiger partial charge on any atom is -0.504 e. The van der Waals surface area contributed by atoms with E-state index >= 15 is 0 Å². The quantitative estimate of drug-likeness (QED) is 0.377. The van der Waals surface area contributed by atoms with Crippen LogP contribution in [0.3, 0.4) is 0 Å². The summed E-state index contributed by atoms with van der Waals surface area (Å²) in [5.41, 5.74) is 0.882. The number of ether oxygens (including phenoxy) is 2. The van der Waals surface area contributed by atoms with Crippen molar-refractivity contribution in [2.75, 3.05) is 33.9 Å². The number of phenolic OH excluding ortho intramolecular Hbond substituents is 1. The summed E-state index contributed by atoms with van der Waals surface area (Å²) < 4.78 is 11.3. The molecule has 1 aromatic rings. The number of aromatic hydroxyl groups is 1. The Hall–Kier alpha value is -1.30. The molecule has 36 heavy (non-hydrogen) atoms. The van der Waals surface area contributed by atoms with Crippen LogP contribution in [0.1, 0.15) is 91.7 Å². The number of nitrogens with zero attached hydrogens (tertiary/aromatic N) is 1. The van der Waals surface area contributed by atoms with Gasteiger partial charge in [0.2, 0.25) is 0 Å². The lowest BCUT2D eigenvalue weighted by Crippen LogP contribution is -2.58. The Labute approximate surface area is 220 Å². The Morgan fingerprint density at radius 1 is 1.14 bits per heavy atom. The average Bonchev–Trinajstić information content (AvgIpc) is 3.64. The van der Waals surface area contributed by atoms with E-state index in [9.17, 15) is 10.2 Å². The number of likely N-dealkylation sites (tertiary alicyclic amines) is 1. The van der Waals surface area contributed by atoms with E-state index in [4.69, 9.17) is 9.47 Å². The van der Waals surface area contributed by atoms with Crippen molar-refractivity contribution in [3.63, 3.8) is 0 Å². The van der Waals surface area contributed by atoms with E-state index in [2.05, 4.69) is 52.5 Å². The Bertz CT molecular complexity index is 872. The number of rotatable bonds is 11. The van der Waals surface area contributed by atoms with Crippen molar-refractivity contribution in [1.29, 1.82) is 0 Å². The summed E-state index contributed by atoms with van der Waals surface area (Å²) in [5, 5.41) is 23.5. The van der Waals surface area contributed by atoms with Gasteiger partial charge in [0, 0.05) is 36.6 Å². The number of methoxy groups -OCH3 is 2. The highest BCUT2D eigenvalue weighted by Gasteiger charge is 2.53. The highest BCUT2D eigenvalue weighted by Crippen LogP contribution is 2.55. The molecule has 2 aliphatic rings. The zero-order valence-electron chi connectivity index (χ0n) is 24.5. The number of aryl methyl sites for hydroxylation is 1. The van der Waals surface area contributed by atoms with Crippen LogP contribution in [0.4, 0.5) is 0 Å². The van der Waals surface area contributed by atoms with Crippen molar-refractivity contribution >= 4 is 0 Å². The van der Waals surface area contributed by atoms with Crippen molar-refractivity contribution in [2.45, 2.75) is 104 Å². The summed E-state index contributed by atoms with van der Waals surface area (Å²) in [6.45, 7) is 17.9. The van der Waals surface area contributed by atoms with Crippen molar-refractivity contribution in [2.24, 2.45) is 23.2 Å². The minimum absolute atomic E-state index is 0.0282. The van der Waals surface area contributed by atoms with Gasteiger partial charge in [-0.25, -0.2) is 0 Å². The SMILES string of the molecule is CCc1ccc(OC)c(O)c1C1(CC)CCN(CC2CC2)C(C)C1CC(COC)[C@](C)(O)C(C)(C)C. The van der Waals surface area contributed by atoms with Crippen LogP contribution in [-0.4, -0.2) is 60.7 Å². The summed E-state index contributed by atoms with van der Waals surface area (Å²) in [5.74, 6) is 1.91. The number of aliphatic hydroxyl groups is 1. The van der Waals surface area contributed by atoms with Crippen LogP contribution in [0, 0.1) is 23.2 Å². The van der Waals surface area contributed by atoms with E-state index in [1.165, 1.54) is 18.4 Å². The van der Waals surface area contributed by atoms with Gasteiger partial charge in [0.25, 0.3) is 0 Å².